The van der Waals surface area contributed by atoms with Crippen LogP contribution in [0.1, 0.15) is 11.1 Å². The molecule has 0 fully saturated rings. The van der Waals surface area contributed by atoms with Crippen molar-refractivity contribution in [1.29, 1.82) is 0 Å². The quantitative estimate of drug-likeness (QED) is 0.656. The predicted octanol–water partition coefficient (Wildman–Crippen LogP) is 1.99. The van der Waals surface area contributed by atoms with Crippen molar-refractivity contribution in [1.82, 2.24) is 4.98 Å². The van der Waals surface area contributed by atoms with Crippen molar-refractivity contribution in [2.45, 2.75) is 12.8 Å². The molecule has 2 rings (SSSR count). The minimum Gasteiger partial charge on any atom is -0.465 e. The van der Waals surface area contributed by atoms with Gasteiger partial charge in [0.15, 0.2) is 0 Å². The molecule has 0 saturated carbocycles. The lowest BCUT2D eigenvalue weighted by molar-refractivity contribution is -0.142. The van der Waals surface area contributed by atoms with Crippen LogP contribution in [0.15, 0.2) is 48.8 Å². The van der Waals surface area contributed by atoms with Gasteiger partial charge in [-0.15, -0.1) is 0 Å². The monoisotopic (exact) mass is 256 g/mol. The molecule has 0 aliphatic carbocycles. The molecule has 0 spiro atoms. The second-order valence-electron chi connectivity index (χ2n) is 4.20. The zero-order valence-corrected chi connectivity index (χ0v) is 10.6. The number of esters is 1. The fraction of sp³-hybridized carbons (Fsp3) is 0.200. The Hall–Kier alpha value is -2.36. The number of carbonyl (C=O) groups is 1. The summed E-state index contributed by atoms with van der Waals surface area (Å²) in [5.74, 6) is -0.257. The largest absolute Gasteiger partial charge is 0.465 e. The van der Waals surface area contributed by atoms with E-state index in [9.17, 15) is 4.79 Å². The Morgan fingerprint density at radius 2 is 1.89 bits per heavy atom. The molecule has 1 aromatic heterocycles. The molecule has 1 heterocycles. The maximum Gasteiger partial charge on any atom is 0.310 e. The maximum atomic E-state index is 11.7. The number of anilines is 1. The van der Waals surface area contributed by atoms with E-state index in [2.05, 4.69) is 4.98 Å². The second-order valence-corrected chi connectivity index (χ2v) is 4.20. The molecular weight excluding hydrogens is 240 g/mol. The number of nitrogens with two attached hydrogens (primary N) is 1. The van der Waals surface area contributed by atoms with Gasteiger partial charge < -0.3 is 10.5 Å². The van der Waals surface area contributed by atoms with Crippen molar-refractivity contribution in [2.24, 2.45) is 0 Å². The minimum atomic E-state index is -0.257. The third kappa shape index (κ3) is 4.10. The van der Waals surface area contributed by atoms with Gasteiger partial charge in [-0.3, -0.25) is 9.78 Å². The fourth-order valence-corrected chi connectivity index (χ4v) is 1.73. The molecule has 0 bridgehead atoms. The normalized spacial score (nSPS) is 10.1. The summed E-state index contributed by atoms with van der Waals surface area (Å²) in [5.41, 5.74) is 8.29. The lowest BCUT2D eigenvalue weighted by Crippen LogP contribution is -2.11. The average Bonchev–Trinajstić information content (AvgIpc) is 2.43. The van der Waals surface area contributed by atoms with Crippen LogP contribution in [0, 0.1) is 0 Å². The topological polar surface area (TPSA) is 65.2 Å². The molecule has 0 radical (unpaired) electrons. The summed E-state index contributed by atoms with van der Waals surface area (Å²) < 4.78 is 5.19. The summed E-state index contributed by atoms with van der Waals surface area (Å²) in [6.45, 7) is 0.371. The smallest absolute Gasteiger partial charge is 0.310 e. The Morgan fingerprint density at radius 1 is 1.16 bits per heavy atom. The second kappa shape index (κ2) is 6.54. The fourth-order valence-electron chi connectivity index (χ4n) is 1.73. The van der Waals surface area contributed by atoms with Gasteiger partial charge in [-0.2, -0.15) is 0 Å². The number of pyridine rings is 1. The van der Waals surface area contributed by atoms with Crippen LogP contribution in [0.3, 0.4) is 0 Å². The summed E-state index contributed by atoms with van der Waals surface area (Å²) in [6.07, 6.45) is 4.35. The molecule has 2 aromatic rings. The van der Waals surface area contributed by atoms with Crippen LogP contribution in [-0.4, -0.2) is 17.6 Å². The molecule has 0 aliphatic rings. The summed E-state index contributed by atoms with van der Waals surface area (Å²) in [4.78, 5) is 15.6. The molecule has 4 heteroatoms. The number of benzene rings is 1. The van der Waals surface area contributed by atoms with Crippen molar-refractivity contribution >= 4 is 11.7 Å². The molecule has 4 nitrogen and oxygen atoms in total. The molecule has 0 amide bonds. The molecular formula is C15H16N2O2. The first-order valence-electron chi connectivity index (χ1n) is 6.13. The van der Waals surface area contributed by atoms with Crippen molar-refractivity contribution in [3.05, 3.63) is 59.9 Å². The number of hydrogen-bond donors (Lipinski definition) is 1. The number of nitrogens with zero attached hydrogens (tertiary/aromatic N) is 1. The van der Waals surface area contributed by atoms with Gasteiger partial charge in [0.05, 0.1) is 13.0 Å². The van der Waals surface area contributed by atoms with Gasteiger partial charge in [-0.25, -0.2) is 0 Å². The molecule has 0 atom stereocenters. The van der Waals surface area contributed by atoms with E-state index in [0.29, 0.717) is 18.7 Å². The first kappa shape index (κ1) is 13.1. The number of nitrogen functional groups attached to an aromatic ring is 1. The number of aromatic nitrogens is 1. The molecule has 0 saturated heterocycles. The molecule has 0 unspecified atom stereocenters. The van der Waals surface area contributed by atoms with E-state index in [1.165, 1.54) is 0 Å². The summed E-state index contributed by atoms with van der Waals surface area (Å²) in [5, 5.41) is 0. The van der Waals surface area contributed by atoms with Crippen molar-refractivity contribution in [3.63, 3.8) is 0 Å². The van der Waals surface area contributed by atoms with Crippen LogP contribution in [0.4, 0.5) is 5.69 Å². The average molecular weight is 256 g/mol. The molecule has 98 valence electrons. The highest BCUT2D eigenvalue weighted by Gasteiger charge is 2.07. The third-order valence-electron chi connectivity index (χ3n) is 2.79. The van der Waals surface area contributed by atoms with Crippen LogP contribution >= 0.6 is 0 Å². The van der Waals surface area contributed by atoms with Crippen LogP contribution in [-0.2, 0) is 22.4 Å². The SMILES string of the molecule is Nc1ccccc1CC(=O)OCCc1ccncc1. The molecule has 0 aliphatic heterocycles. The van der Waals surface area contributed by atoms with Crippen molar-refractivity contribution < 1.29 is 9.53 Å². The Balaban J connectivity index is 1.78. The molecule has 2 N–H and O–H groups in total. The van der Waals surface area contributed by atoms with E-state index in [1.54, 1.807) is 18.5 Å². The van der Waals surface area contributed by atoms with Crippen LogP contribution in [0.2, 0.25) is 0 Å². The minimum absolute atomic E-state index is 0.211. The van der Waals surface area contributed by atoms with E-state index in [1.807, 2.05) is 30.3 Å². The van der Waals surface area contributed by atoms with Gasteiger partial charge in [0.25, 0.3) is 0 Å². The standard InChI is InChI=1S/C15H16N2O2/c16-14-4-2-1-3-13(14)11-15(18)19-10-7-12-5-8-17-9-6-12/h1-6,8-9H,7,10-11,16H2. The van der Waals surface area contributed by atoms with Crippen LogP contribution in [0.5, 0.6) is 0 Å². The van der Waals surface area contributed by atoms with E-state index in [-0.39, 0.29) is 12.4 Å². The predicted molar refractivity (Wildman–Crippen MR) is 73.5 cm³/mol. The highest BCUT2D eigenvalue weighted by molar-refractivity contribution is 5.74. The number of ether oxygens (including phenoxy) is 1. The van der Waals surface area contributed by atoms with Crippen molar-refractivity contribution in [3.8, 4) is 0 Å². The number of carbonyl (C=O) groups excluding carboxylic acids is 1. The number of hydrogen-bond acceptors (Lipinski definition) is 4. The first-order valence-corrected chi connectivity index (χ1v) is 6.13. The van der Waals surface area contributed by atoms with E-state index >= 15 is 0 Å². The van der Waals surface area contributed by atoms with Gasteiger partial charge in [0.2, 0.25) is 0 Å². The van der Waals surface area contributed by atoms with Crippen LogP contribution in [0.25, 0.3) is 0 Å². The van der Waals surface area contributed by atoms with Crippen molar-refractivity contribution in [2.75, 3.05) is 12.3 Å². The Labute approximate surface area is 112 Å². The Bertz CT molecular complexity index is 541. The Kier molecular flexibility index (Phi) is 4.50. The zero-order valence-electron chi connectivity index (χ0n) is 10.6. The highest BCUT2D eigenvalue weighted by atomic mass is 16.5. The first-order chi connectivity index (χ1) is 9.25. The maximum absolute atomic E-state index is 11.7. The number of rotatable bonds is 5. The third-order valence-corrected chi connectivity index (χ3v) is 2.79. The summed E-state index contributed by atoms with van der Waals surface area (Å²) in [6, 6.07) is 11.1. The van der Waals surface area contributed by atoms with Gasteiger partial charge in [0.1, 0.15) is 0 Å². The summed E-state index contributed by atoms with van der Waals surface area (Å²) in [7, 11) is 0. The summed E-state index contributed by atoms with van der Waals surface area (Å²) >= 11 is 0. The van der Waals surface area contributed by atoms with Gasteiger partial charge in [-0.1, -0.05) is 18.2 Å². The highest BCUT2D eigenvalue weighted by Crippen LogP contribution is 2.11. The van der Waals surface area contributed by atoms with Crippen LogP contribution < -0.4 is 5.73 Å². The zero-order chi connectivity index (χ0) is 13.5. The van der Waals surface area contributed by atoms with E-state index in [0.717, 1.165) is 11.1 Å². The van der Waals surface area contributed by atoms with Gasteiger partial charge in [0, 0.05) is 24.5 Å². The lowest BCUT2D eigenvalue weighted by Gasteiger charge is -2.06. The molecule has 1 aromatic carbocycles. The lowest BCUT2D eigenvalue weighted by atomic mass is 10.1. The van der Waals surface area contributed by atoms with E-state index in [4.69, 9.17) is 10.5 Å². The Morgan fingerprint density at radius 3 is 2.63 bits per heavy atom. The van der Waals surface area contributed by atoms with E-state index < -0.39 is 0 Å². The van der Waals surface area contributed by atoms with Gasteiger partial charge >= 0.3 is 5.97 Å². The molecule has 19 heavy (non-hydrogen) atoms. The number of para-hydroxylation sites is 1. The van der Waals surface area contributed by atoms with Gasteiger partial charge in [-0.05, 0) is 29.3 Å².